The number of β-amino-alcohol motifs (C(OH)–C–C–N with tert-alkyl or cyclic N) is 1. The molecule has 11 heteroatoms. The minimum Gasteiger partial charge on any atom is -0.442 e. The molecular weight excluding hydrogens is 587 g/mol. The first kappa shape index (κ1) is 33.0. The number of likely N-dealkylation sites (tertiary alicyclic amines) is 1. The number of ether oxygens (including phenoxy) is 1. The van der Waals surface area contributed by atoms with Gasteiger partial charge in [-0.15, -0.1) is 0 Å². The fourth-order valence-corrected chi connectivity index (χ4v) is 5.90. The maximum Gasteiger partial charge on any atom is 0.216 e. The number of aliphatic hydroxyl groups is 1. The number of piperazine rings is 1. The Kier molecular flexibility index (Phi) is 12.4. The van der Waals surface area contributed by atoms with Gasteiger partial charge < -0.3 is 20.1 Å². The summed E-state index contributed by atoms with van der Waals surface area (Å²) in [5, 5.41) is 13.1. The molecule has 2 aromatic rings. The summed E-state index contributed by atoms with van der Waals surface area (Å²) in [5.41, 5.74) is 2.33. The lowest BCUT2D eigenvalue weighted by atomic mass is 9.96. The van der Waals surface area contributed by atoms with E-state index in [1.54, 1.807) is 26.1 Å². The first-order valence-electron chi connectivity index (χ1n) is 14.8. The molecule has 1 amide bonds. The van der Waals surface area contributed by atoms with Crippen molar-refractivity contribution in [1.82, 2.24) is 20.1 Å². The molecule has 0 saturated carbocycles. The molecule has 4 rings (SSSR count). The van der Waals surface area contributed by atoms with Crippen molar-refractivity contribution in [1.29, 1.82) is 0 Å². The molecule has 43 heavy (non-hydrogen) atoms. The molecule has 0 unspecified atom stereocenters. The Morgan fingerprint density at radius 1 is 1.09 bits per heavy atom. The second kappa shape index (κ2) is 16.2. The normalized spacial score (nSPS) is 17.7. The van der Waals surface area contributed by atoms with Gasteiger partial charge in [-0.25, -0.2) is 9.98 Å². The van der Waals surface area contributed by atoms with Crippen molar-refractivity contribution in [2.45, 2.75) is 26.7 Å². The highest BCUT2D eigenvalue weighted by Gasteiger charge is 2.20. The standard InChI is InChI=1S/C32H42Cl2N6O3/c1-23(22-39-8-6-26(7-9-39)20-35-24(2)42)16-31(27-17-28(33)19-29(34)18-27)37-25(3)43-30-4-5-32(36-21-30)40-12-10-38(11-13-40)14-15-41/h4-5,16-19,21,26,41H,1,6-15,20,22H2,2-3H3,(H,35,42)/b31-16-,37-25?. The molecule has 3 heterocycles. The van der Waals surface area contributed by atoms with Crippen LogP contribution < -0.4 is 15.0 Å². The van der Waals surface area contributed by atoms with Crippen LogP contribution in [-0.4, -0.2) is 97.2 Å². The quantitative estimate of drug-likeness (QED) is 0.211. The maximum atomic E-state index is 11.2. The van der Waals surface area contributed by atoms with Crippen molar-refractivity contribution in [3.05, 3.63) is 70.4 Å². The van der Waals surface area contributed by atoms with Gasteiger partial charge in [0, 0.05) is 75.3 Å². The van der Waals surface area contributed by atoms with E-state index in [2.05, 4.69) is 31.6 Å². The van der Waals surface area contributed by atoms with E-state index in [9.17, 15) is 9.90 Å². The van der Waals surface area contributed by atoms with Gasteiger partial charge in [-0.2, -0.15) is 0 Å². The molecular formula is C32H42Cl2N6O3. The van der Waals surface area contributed by atoms with Crippen LogP contribution in [0.1, 0.15) is 32.3 Å². The van der Waals surface area contributed by atoms with Crippen molar-refractivity contribution in [3.8, 4) is 5.75 Å². The number of aromatic nitrogens is 1. The molecule has 0 spiro atoms. The highest BCUT2D eigenvalue weighted by Crippen LogP contribution is 2.27. The number of carbonyl (C=O) groups is 1. The van der Waals surface area contributed by atoms with E-state index < -0.39 is 0 Å². The lowest BCUT2D eigenvalue weighted by Gasteiger charge is -2.35. The minimum absolute atomic E-state index is 0.0206. The summed E-state index contributed by atoms with van der Waals surface area (Å²) in [5.74, 6) is 2.46. The third-order valence-corrected chi connectivity index (χ3v) is 8.09. The van der Waals surface area contributed by atoms with E-state index >= 15 is 0 Å². The number of aliphatic hydroxyl groups excluding tert-OH is 1. The van der Waals surface area contributed by atoms with E-state index in [0.717, 1.165) is 75.6 Å². The molecule has 1 aromatic heterocycles. The number of piperidine rings is 1. The van der Waals surface area contributed by atoms with E-state index in [-0.39, 0.29) is 12.5 Å². The van der Waals surface area contributed by atoms with E-state index in [1.165, 1.54) is 0 Å². The van der Waals surface area contributed by atoms with Gasteiger partial charge >= 0.3 is 0 Å². The van der Waals surface area contributed by atoms with Gasteiger partial charge in [-0.1, -0.05) is 29.8 Å². The van der Waals surface area contributed by atoms with Crippen LogP contribution in [0, 0.1) is 5.92 Å². The van der Waals surface area contributed by atoms with Crippen LogP contribution in [0.25, 0.3) is 5.70 Å². The van der Waals surface area contributed by atoms with Crippen LogP contribution in [0.15, 0.2) is 59.7 Å². The Bertz CT molecular complexity index is 1280. The zero-order chi connectivity index (χ0) is 30.8. The van der Waals surface area contributed by atoms with Gasteiger partial charge in [-0.3, -0.25) is 14.6 Å². The van der Waals surface area contributed by atoms with Crippen LogP contribution in [0.4, 0.5) is 5.82 Å². The molecule has 1 aromatic carbocycles. The summed E-state index contributed by atoms with van der Waals surface area (Å²) in [6.45, 7) is 15.4. The summed E-state index contributed by atoms with van der Waals surface area (Å²) >= 11 is 12.7. The molecule has 0 radical (unpaired) electrons. The molecule has 0 bridgehead atoms. The Labute approximate surface area is 264 Å². The summed E-state index contributed by atoms with van der Waals surface area (Å²) < 4.78 is 6.06. The Morgan fingerprint density at radius 3 is 2.40 bits per heavy atom. The second-order valence-electron chi connectivity index (χ2n) is 11.1. The van der Waals surface area contributed by atoms with E-state index in [1.807, 2.05) is 30.3 Å². The fraction of sp³-hybridized carbons (Fsp3) is 0.469. The predicted octanol–water partition coefficient (Wildman–Crippen LogP) is 4.75. The number of rotatable bonds is 11. The van der Waals surface area contributed by atoms with Crippen LogP contribution in [0.2, 0.25) is 10.0 Å². The number of anilines is 1. The topological polar surface area (TPSA) is 93.5 Å². The Hall–Kier alpha value is -2.95. The lowest BCUT2D eigenvalue weighted by molar-refractivity contribution is -0.119. The number of benzene rings is 1. The molecule has 232 valence electrons. The SMILES string of the molecule is C=C(/C=C(\N=C(C)Oc1ccc(N2CCN(CCO)CC2)nc1)c1cc(Cl)cc(Cl)c1)CN1CCC(CNC(C)=O)CC1. The fourth-order valence-electron chi connectivity index (χ4n) is 5.37. The highest BCUT2D eigenvalue weighted by molar-refractivity contribution is 6.34. The third kappa shape index (κ3) is 10.6. The number of hydrogen-bond acceptors (Lipinski definition) is 8. The van der Waals surface area contributed by atoms with Crippen LogP contribution in [-0.2, 0) is 4.79 Å². The van der Waals surface area contributed by atoms with Gasteiger partial charge in [0.2, 0.25) is 5.91 Å². The average molecular weight is 630 g/mol. The monoisotopic (exact) mass is 628 g/mol. The largest absolute Gasteiger partial charge is 0.442 e. The van der Waals surface area contributed by atoms with Crippen molar-refractivity contribution in [2.75, 3.05) is 70.4 Å². The molecule has 2 N–H and O–H groups in total. The third-order valence-electron chi connectivity index (χ3n) is 7.65. The number of hydrogen-bond donors (Lipinski definition) is 2. The summed E-state index contributed by atoms with van der Waals surface area (Å²) in [7, 11) is 0. The molecule has 2 aliphatic rings. The second-order valence-corrected chi connectivity index (χ2v) is 12.0. The number of nitrogens with zero attached hydrogens (tertiary/aromatic N) is 5. The minimum atomic E-state index is 0.0206. The molecule has 2 fully saturated rings. The Balaban J connectivity index is 1.41. The molecule has 9 nitrogen and oxygen atoms in total. The molecule has 0 atom stereocenters. The zero-order valence-electron chi connectivity index (χ0n) is 25.1. The maximum absolute atomic E-state index is 11.2. The molecule has 0 aliphatic carbocycles. The first-order chi connectivity index (χ1) is 20.7. The summed E-state index contributed by atoms with van der Waals surface area (Å²) in [4.78, 5) is 27.5. The van der Waals surface area contributed by atoms with Crippen molar-refractivity contribution >= 4 is 46.5 Å². The number of pyridine rings is 1. The van der Waals surface area contributed by atoms with E-state index in [4.69, 9.17) is 32.9 Å². The van der Waals surface area contributed by atoms with Gasteiger partial charge in [-0.05, 0) is 73.8 Å². The van der Waals surface area contributed by atoms with E-state index in [0.29, 0.717) is 46.4 Å². The van der Waals surface area contributed by atoms with Crippen LogP contribution in [0.5, 0.6) is 5.75 Å². The number of halogens is 2. The van der Waals surface area contributed by atoms with Crippen LogP contribution >= 0.6 is 23.2 Å². The lowest BCUT2D eigenvalue weighted by Crippen LogP contribution is -2.47. The van der Waals surface area contributed by atoms with Gasteiger partial charge in [0.15, 0.2) is 5.90 Å². The zero-order valence-corrected chi connectivity index (χ0v) is 26.6. The van der Waals surface area contributed by atoms with Gasteiger partial charge in [0.25, 0.3) is 0 Å². The smallest absolute Gasteiger partial charge is 0.216 e. The average Bonchev–Trinajstić information content (AvgIpc) is 2.97. The predicted molar refractivity (Wildman–Crippen MR) is 175 cm³/mol. The van der Waals surface area contributed by atoms with Gasteiger partial charge in [0.05, 0.1) is 18.5 Å². The number of nitrogens with one attached hydrogen (secondary N) is 1. The van der Waals surface area contributed by atoms with Crippen molar-refractivity contribution in [2.24, 2.45) is 10.9 Å². The van der Waals surface area contributed by atoms with Gasteiger partial charge in [0.1, 0.15) is 11.6 Å². The number of carbonyl (C=O) groups excluding carboxylic acids is 1. The summed E-state index contributed by atoms with van der Waals surface area (Å²) in [6, 6.07) is 9.20. The van der Waals surface area contributed by atoms with Crippen molar-refractivity contribution < 1.29 is 14.6 Å². The summed E-state index contributed by atoms with van der Waals surface area (Å²) in [6.07, 6.45) is 5.73. The molecule has 2 aliphatic heterocycles. The van der Waals surface area contributed by atoms with Crippen LogP contribution in [0.3, 0.4) is 0 Å². The number of aliphatic imine (C=N–C) groups is 1. The number of amides is 1. The highest BCUT2D eigenvalue weighted by atomic mass is 35.5. The van der Waals surface area contributed by atoms with Crippen molar-refractivity contribution in [3.63, 3.8) is 0 Å². The molecule has 2 saturated heterocycles. The first-order valence-corrected chi connectivity index (χ1v) is 15.5. The Morgan fingerprint density at radius 2 is 1.79 bits per heavy atom.